The highest BCUT2D eigenvalue weighted by molar-refractivity contribution is 6.01. The molecule has 0 aromatic heterocycles. The van der Waals surface area contributed by atoms with Gasteiger partial charge in [-0.3, -0.25) is 19.2 Å². The first kappa shape index (κ1) is 24.5. The van der Waals surface area contributed by atoms with Gasteiger partial charge in [-0.2, -0.15) is 0 Å². The van der Waals surface area contributed by atoms with Crippen molar-refractivity contribution in [3.05, 3.63) is 29.8 Å². The maximum atomic E-state index is 13.3. The smallest absolute Gasteiger partial charge is 0.255 e. The van der Waals surface area contributed by atoms with Crippen LogP contribution >= 0.6 is 0 Å². The number of hydrogen-bond donors (Lipinski definition) is 4. The van der Waals surface area contributed by atoms with Gasteiger partial charge in [-0.05, 0) is 32.1 Å². The summed E-state index contributed by atoms with van der Waals surface area (Å²) >= 11 is 0. The average Bonchev–Trinajstić information content (AvgIpc) is 3.03. The van der Waals surface area contributed by atoms with Crippen molar-refractivity contribution in [2.75, 3.05) is 53.0 Å². The standard InChI is InChI=1S/C22H31N5O6/c1-26-8-4-9-27(11-10-26)22(32)16-13-19(29)24-17(14-28)21(31)23-7-12-33-18-6-3-2-5-15(18)20(30)25-16/h2-3,5-6,16-17,28H,4,7-14H2,1H3,(H,23,31)(H,24,29)(H,25,30)/t16-,17-/m0/s1. The second-order valence-corrected chi connectivity index (χ2v) is 8.15. The number of aliphatic hydroxyl groups is 1. The molecule has 11 nitrogen and oxygen atoms in total. The molecule has 11 heteroatoms. The molecule has 180 valence electrons. The highest BCUT2D eigenvalue weighted by Crippen LogP contribution is 2.18. The normalized spacial score (nSPS) is 23.7. The molecule has 0 bridgehead atoms. The van der Waals surface area contributed by atoms with E-state index in [0.29, 0.717) is 25.4 Å². The van der Waals surface area contributed by atoms with Gasteiger partial charge < -0.3 is 35.6 Å². The van der Waals surface area contributed by atoms with Gasteiger partial charge in [0.05, 0.1) is 25.1 Å². The molecule has 1 aromatic carbocycles. The number of carbonyl (C=O) groups excluding carboxylic acids is 4. The summed E-state index contributed by atoms with van der Waals surface area (Å²) in [5, 5.41) is 17.2. The predicted molar refractivity (Wildman–Crippen MR) is 119 cm³/mol. The molecule has 0 saturated carbocycles. The van der Waals surface area contributed by atoms with Crippen LogP contribution < -0.4 is 20.7 Å². The van der Waals surface area contributed by atoms with Gasteiger partial charge in [-0.1, -0.05) is 12.1 Å². The highest BCUT2D eigenvalue weighted by Gasteiger charge is 2.31. The first-order chi connectivity index (χ1) is 15.9. The van der Waals surface area contributed by atoms with Crippen molar-refractivity contribution >= 4 is 23.6 Å². The minimum absolute atomic E-state index is 0.0752. The lowest BCUT2D eigenvalue weighted by Gasteiger charge is -2.27. The zero-order chi connectivity index (χ0) is 23.8. The molecule has 4 amide bonds. The number of nitrogens with one attached hydrogen (secondary N) is 3. The van der Waals surface area contributed by atoms with Crippen LogP contribution in [0.15, 0.2) is 24.3 Å². The Balaban J connectivity index is 1.87. The van der Waals surface area contributed by atoms with Gasteiger partial charge in [0.2, 0.25) is 17.7 Å². The van der Waals surface area contributed by atoms with Gasteiger partial charge in [0.1, 0.15) is 24.4 Å². The molecule has 0 spiro atoms. The molecule has 33 heavy (non-hydrogen) atoms. The molecular weight excluding hydrogens is 430 g/mol. The van der Waals surface area contributed by atoms with E-state index in [4.69, 9.17) is 4.74 Å². The molecule has 2 aliphatic heterocycles. The van der Waals surface area contributed by atoms with E-state index < -0.39 is 36.4 Å². The fourth-order valence-electron chi connectivity index (χ4n) is 3.79. The zero-order valence-electron chi connectivity index (χ0n) is 18.7. The van der Waals surface area contributed by atoms with Gasteiger partial charge >= 0.3 is 0 Å². The number of amides is 4. The summed E-state index contributed by atoms with van der Waals surface area (Å²) in [5.41, 5.74) is 0.225. The van der Waals surface area contributed by atoms with Crippen LogP contribution in [0, 0.1) is 0 Å². The Morgan fingerprint density at radius 2 is 1.91 bits per heavy atom. The average molecular weight is 462 g/mol. The summed E-state index contributed by atoms with van der Waals surface area (Å²) in [6.07, 6.45) is 0.405. The van der Waals surface area contributed by atoms with Crippen molar-refractivity contribution in [1.29, 1.82) is 0 Å². The van der Waals surface area contributed by atoms with Crippen LogP contribution in [0.3, 0.4) is 0 Å². The SMILES string of the molecule is CN1CCCN(C(=O)[C@@H]2CC(=O)N[C@@H](CO)C(=O)NCCOc3ccccc3C(=O)N2)CC1. The van der Waals surface area contributed by atoms with Crippen LogP contribution in [-0.2, 0) is 14.4 Å². The van der Waals surface area contributed by atoms with Crippen molar-refractivity contribution in [1.82, 2.24) is 25.8 Å². The summed E-state index contributed by atoms with van der Waals surface area (Å²) in [5.74, 6) is -1.81. The van der Waals surface area contributed by atoms with E-state index in [9.17, 15) is 24.3 Å². The number of rotatable bonds is 2. The summed E-state index contributed by atoms with van der Waals surface area (Å²) in [6.45, 7) is 2.10. The maximum absolute atomic E-state index is 13.3. The number of likely N-dealkylation sites (N-methyl/N-ethyl adjacent to an activating group) is 1. The summed E-state index contributed by atoms with van der Waals surface area (Å²) in [6, 6.07) is 4.25. The topological polar surface area (TPSA) is 140 Å². The number of hydrogen-bond acceptors (Lipinski definition) is 7. The Labute approximate surface area is 192 Å². The van der Waals surface area contributed by atoms with E-state index in [0.717, 1.165) is 13.0 Å². The number of fused-ring (bicyclic) bond motifs is 1. The van der Waals surface area contributed by atoms with E-state index in [2.05, 4.69) is 20.9 Å². The maximum Gasteiger partial charge on any atom is 0.255 e. The third-order valence-corrected chi connectivity index (χ3v) is 5.65. The molecule has 1 saturated heterocycles. The van der Waals surface area contributed by atoms with E-state index in [1.807, 2.05) is 7.05 Å². The number of aliphatic hydroxyl groups excluding tert-OH is 1. The van der Waals surface area contributed by atoms with Gasteiger partial charge in [0.15, 0.2) is 0 Å². The molecule has 0 unspecified atom stereocenters. The lowest BCUT2D eigenvalue weighted by Crippen LogP contribution is -2.54. The Bertz CT molecular complexity index is 879. The first-order valence-corrected chi connectivity index (χ1v) is 11.1. The Morgan fingerprint density at radius 1 is 1.12 bits per heavy atom. The van der Waals surface area contributed by atoms with Crippen LogP contribution in [0.4, 0.5) is 0 Å². The van der Waals surface area contributed by atoms with Crippen molar-refractivity contribution in [3.8, 4) is 5.75 Å². The second kappa shape index (κ2) is 11.6. The van der Waals surface area contributed by atoms with Gasteiger partial charge in [-0.25, -0.2) is 0 Å². The van der Waals surface area contributed by atoms with Crippen molar-refractivity contribution in [2.24, 2.45) is 0 Å². The third kappa shape index (κ3) is 6.65. The van der Waals surface area contributed by atoms with Gasteiger partial charge in [-0.15, -0.1) is 0 Å². The fraction of sp³-hybridized carbons (Fsp3) is 0.545. The molecule has 2 heterocycles. The molecule has 2 aliphatic rings. The molecule has 4 N–H and O–H groups in total. The Hall–Kier alpha value is -3.18. The minimum atomic E-state index is -1.17. The number of nitrogens with zero attached hydrogens (tertiary/aromatic N) is 2. The molecule has 0 aliphatic carbocycles. The van der Waals surface area contributed by atoms with Gasteiger partial charge in [0, 0.05) is 19.6 Å². The Morgan fingerprint density at radius 3 is 2.70 bits per heavy atom. The summed E-state index contributed by atoms with van der Waals surface area (Å²) < 4.78 is 5.66. The molecule has 0 radical (unpaired) electrons. The van der Waals surface area contributed by atoms with Crippen molar-refractivity contribution < 1.29 is 29.0 Å². The molecular formula is C22H31N5O6. The largest absolute Gasteiger partial charge is 0.491 e. The minimum Gasteiger partial charge on any atom is -0.491 e. The van der Waals surface area contributed by atoms with Crippen LogP contribution in [0.5, 0.6) is 5.75 Å². The monoisotopic (exact) mass is 461 g/mol. The molecule has 2 atom stereocenters. The summed E-state index contributed by atoms with van der Waals surface area (Å²) in [7, 11) is 1.97. The quantitative estimate of drug-likeness (QED) is 0.413. The van der Waals surface area contributed by atoms with E-state index >= 15 is 0 Å². The number of carbonyl (C=O) groups is 4. The van der Waals surface area contributed by atoms with Crippen LogP contribution in [-0.4, -0.2) is 104 Å². The van der Waals surface area contributed by atoms with Crippen molar-refractivity contribution in [2.45, 2.75) is 24.9 Å². The Kier molecular flexibility index (Phi) is 8.61. The molecule has 1 aromatic rings. The fourth-order valence-corrected chi connectivity index (χ4v) is 3.79. The molecule has 3 rings (SSSR count). The number of ether oxygens (including phenoxy) is 1. The number of benzene rings is 1. The third-order valence-electron chi connectivity index (χ3n) is 5.65. The second-order valence-electron chi connectivity index (χ2n) is 8.15. The predicted octanol–water partition coefficient (Wildman–Crippen LogP) is -1.68. The van der Waals surface area contributed by atoms with Crippen molar-refractivity contribution in [3.63, 3.8) is 0 Å². The van der Waals surface area contributed by atoms with Crippen LogP contribution in [0.1, 0.15) is 23.2 Å². The lowest BCUT2D eigenvalue weighted by molar-refractivity contribution is -0.136. The zero-order valence-corrected chi connectivity index (χ0v) is 18.7. The van der Waals surface area contributed by atoms with Crippen LogP contribution in [0.25, 0.3) is 0 Å². The first-order valence-electron chi connectivity index (χ1n) is 11.1. The van der Waals surface area contributed by atoms with E-state index in [1.165, 1.54) is 0 Å². The highest BCUT2D eigenvalue weighted by atomic mass is 16.5. The van der Waals surface area contributed by atoms with E-state index in [1.54, 1.807) is 29.2 Å². The summed E-state index contributed by atoms with van der Waals surface area (Å²) in [4.78, 5) is 55.1. The van der Waals surface area contributed by atoms with E-state index in [-0.39, 0.29) is 31.0 Å². The number of para-hydroxylation sites is 1. The van der Waals surface area contributed by atoms with Gasteiger partial charge in [0.25, 0.3) is 5.91 Å². The van der Waals surface area contributed by atoms with Crippen LogP contribution in [0.2, 0.25) is 0 Å². The molecule has 1 fully saturated rings. The lowest BCUT2D eigenvalue weighted by atomic mass is 10.1.